The minimum atomic E-state index is -1.05. The van der Waals surface area contributed by atoms with Crippen LogP contribution in [0.3, 0.4) is 0 Å². The van der Waals surface area contributed by atoms with E-state index in [4.69, 9.17) is 11.0 Å². The average Bonchev–Trinajstić information content (AvgIpc) is 2.70. The van der Waals surface area contributed by atoms with Gasteiger partial charge in [0.15, 0.2) is 5.92 Å². The molecule has 1 heterocycles. The second-order valence-corrected chi connectivity index (χ2v) is 3.96. The third-order valence-corrected chi connectivity index (χ3v) is 2.81. The van der Waals surface area contributed by atoms with Crippen LogP contribution in [0, 0.1) is 11.3 Å². The van der Waals surface area contributed by atoms with Crippen molar-refractivity contribution in [3.05, 3.63) is 36.0 Å². The third-order valence-electron chi connectivity index (χ3n) is 2.81. The first kappa shape index (κ1) is 11.9. The van der Waals surface area contributed by atoms with Gasteiger partial charge in [-0.25, -0.2) is 0 Å². The summed E-state index contributed by atoms with van der Waals surface area (Å²) in [4.78, 5) is 22.8. The lowest BCUT2D eigenvalue weighted by Gasteiger charge is -2.01. The van der Waals surface area contributed by atoms with E-state index < -0.39 is 11.8 Å². The predicted octanol–water partition coefficient (Wildman–Crippen LogP) is 1.39. The fraction of sp³-hybridized carbons (Fsp3) is 0.154. The molecule has 0 aliphatic carbocycles. The molecule has 2 aromatic rings. The molecule has 0 aliphatic rings. The van der Waals surface area contributed by atoms with Gasteiger partial charge < -0.3 is 5.73 Å². The Balaban J connectivity index is 2.77. The Bertz CT molecular complexity index is 679. The number of nitrogens with zero attached hydrogens (tertiary/aromatic N) is 2. The molecule has 1 unspecified atom stereocenters. The molecule has 1 aromatic heterocycles. The van der Waals surface area contributed by atoms with Gasteiger partial charge in [-0.15, -0.1) is 0 Å². The molecule has 5 nitrogen and oxygen atoms in total. The predicted molar refractivity (Wildman–Crippen MR) is 65.8 cm³/mol. The first-order valence-electron chi connectivity index (χ1n) is 5.36. The van der Waals surface area contributed by atoms with Crippen LogP contribution in [-0.4, -0.2) is 16.4 Å². The Hall–Kier alpha value is -2.61. The molecular formula is C13H11N3O2. The zero-order valence-corrected chi connectivity index (χ0v) is 9.75. The number of primary amides is 1. The van der Waals surface area contributed by atoms with Crippen LogP contribution in [0.2, 0.25) is 0 Å². The lowest BCUT2D eigenvalue weighted by molar-refractivity contribution is -0.118. The van der Waals surface area contributed by atoms with Gasteiger partial charge >= 0.3 is 0 Å². The van der Waals surface area contributed by atoms with E-state index in [-0.39, 0.29) is 5.91 Å². The number of nitrogens with two attached hydrogens (primary N) is 1. The number of amides is 1. The summed E-state index contributed by atoms with van der Waals surface area (Å²) in [5.74, 6) is -1.95. The van der Waals surface area contributed by atoms with Crippen LogP contribution in [0.5, 0.6) is 0 Å². The highest BCUT2D eigenvalue weighted by Crippen LogP contribution is 2.27. The number of carbonyl (C=O) groups is 2. The molecule has 0 fully saturated rings. The van der Waals surface area contributed by atoms with E-state index in [0.29, 0.717) is 16.5 Å². The van der Waals surface area contributed by atoms with Crippen molar-refractivity contribution in [2.45, 2.75) is 12.8 Å². The van der Waals surface area contributed by atoms with E-state index in [0.717, 1.165) is 0 Å². The summed E-state index contributed by atoms with van der Waals surface area (Å²) < 4.78 is 1.41. The molecule has 1 amide bonds. The Kier molecular flexibility index (Phi) is 2.86. The normalized spacial score (nSPS) is 12.0. The van der Waals surface area contributed by atoms with Gasteiger partial charge in [0.25, 0.3) is 0 Å². The standard InChI is InChI=1S/C13H11N3O2/c1-8(17)16-7-11(10(6-14)13(15)18)9-4-2-3-5-12(9)16/h2-5,7,10H,1H3,(H2,15,18). The Morgan fingerprint density at radius 3 is 2.61 bits per heavy atom. The maximum absolute atomic E-state index is 11.5. The molecule has 0 radical (unpaired) electrons. The minimum Gasteiger partial charge on any atom is -0.368 e. The minimum absolute atomic E-state index is 0.182. The van der Waals surface area contributed by atoms with E-state index in [1.165, 1.54) is 17.7 Å². The lowest BCUT2D eigenvalue weighted by atomic mass is 10.00. The van der Waals surface area contributed by atoms with Crippen LogP contribution < -0.4 is 5.73 Å². The van der Waals surface area contributed by atoms with Crippen LogP contribution >= 0.6 is 0 Å². The maximum atomic E-state index is 11.5. The zero-order valence-electron chi connectivity index (χ0n) is 9.75. The number of fused-ring (bicyclic) bond motifs is 1. The largest absolute Gasteiger partial charge is 0.368 e. The number of carbonyl (C=O) groups excluding carboxylic acids is 2. The van der Waals surface area contributed by atoms with Gasteiger partial charge in [0.1, 0.15) is 0 Å². The summed E-state index contributed by atoms with van der Waals surface area (Å²) in [7, 11) is 0. The van der Waals surface area contributed by atoms with Gasteiger partial charge in [-0.3, -0.25) is 14.2 Å². The van der Waals surface area contributed by atoms with E-state index >= 15 is 0 Å². The molecule has 0 saturated carbocycles. The topological polar surface area (TPSA) is 88.9 Å². The first-order valence-corrected chi connectivity index (χ1v) is 5.36. The molecule has 0 spiro atoms. The van der Waals surface area contributed by atoms with Crippen molar-refractivity contribution in [3.8, 4) is 6.07 Å². The van der Waals surface area contributed by atoms with Crippen molar-refractivity contribution < 1.29 is 9.59 Å². The van der Waals surface area contributed by atoms with Crippen molar-refractivity contribution in [1.82, 2.24) is 4.57 Å². The molecule has 0 aliphatic heterocycles. The number of nitriles is 1. The average molecular weight is 241 g/mol. The number of benzene rings is 1. The zero-order chi connectivity index (χ0) is 13.3. The Morgan fingerprint density at radius 1 is 1.39 bits per heavy atom. The molecule has 90 valence electrons. The van der Waals surface area contributed by atoms with Crippen molar-refractivity contribution >= 4 is 22.7 Å². The van der Waals surface area contributed by atoms with Crippen LogP contribution in [0.1, 0.15) is 23.2 Å². The van der Waals surface area contributed by atoms with Gasteiger partial charge in [-0.05, 0) is 6.07 Å². The van der Waals surface area contributed by atoms with Crippen LogP contribution in [-0.2, 0) is 4.79 Å². The van der Waals surface area contributed by atoms with Crippen LogP contribution in [0.25, 0.3) is 10.9 Å². The van der Waals surface area contributed by atoms with E-state index in [1.54, 1.807) is 24.3 Å². The highest BCUT2D eigenvalue weighted by molar-refractivity contribution is 5.98. The second-order valence-electron chi connectivity index (χ2n) is 3.96. The molecule has 1 aromatic carbocycles. The fourth-order valence-electron chi connectivity index (χ4n) is 1.98. The summed E-state index contributed by atoms with van der Waals surface area (Å²) in [6.45, 7) is 1.42. The first-order chi connectivity index (χ1) is 8.56. The molecule has 1 atom stereocenters. The van der Waals surface area contributed by atoms with Crippen molar-refractivity contribution in [2.24, 2.45) is 5.73 Å². The summed E-state index contributed by atoms with van der Waals surface area (Å²) >= 11 is 0. The van der Waals surface area contributed by atoms with Crippen LogP contribution in [0.4, 0.5) is 0 Å². The smallest absolute Gasteiger partial charge is 0.239 e. The third kappa shape index (κ3) is 1.74. The molecule has 0 saturated heterocycles. The van der Waals surface area contributed by atoms with Gasteiger partial charge in [-0.2, -0.15) is 5.26 Å². The highest BCUT2D eigenvalue weighted by atomic mass is 16.2. The highest BCUT2D eigenvalue weighted by Gasteiger charge is 2.22. The van der Waals surface area contributed by atoms with Gasteiger partial charge in [-0.1, -0.05) is 18.2 Å². The van der Waals surface area contributed by atoms with Crippen molar-refractivity contribution in [1.29, 1.82) is 5.26 Å². The number of para-hydroxylation sites is 1. The number of hydrogen-bond acceptors (Lipinski definition) is 3. The Labute approximate surface area is 103 Å². The molecule has 0 bridgehead atoms. The fourth-order valence-corrected chi connectivity index (χ4v) is 1.98. The molecular weight excluding hydrogens is 230 g/mol. The SMILES string of the molecule is CC(=O)n1cc(C(C#N)C(N)=O)c2ccccc21. The van der Waals surface area contributed by atoms with Gasteiger partial charge in [0, 0.05) is 24.1 Å². The number of rotatable bonds is 2. The quantitative estimate of drug-likeness (QED) is 0.861. The molecule has 2 N–H and O–H groups in total. The number of aromatic nitrogens is 1. The Morgan fingerprint density at radius 2 is 2.06 bits per heavy atom. The van der Waals surface area contributed by atoms with Crippen LogP contribution in [0.15, 0.2) is 30.5 Å². The summed E-state index contributed by atoms with van der Waals surface area (Å²) in [5.41, 5.74) is 6.34. The molecule has 5 heteroatoms. The lowest BCUT2D eigenvalue weighted by Crippen LogP contribution is -2.19. The maximum Gasteiger partial charge on any atom is 0.239 e. The molecule has 2 rings (SSSR count). The van der Waals surface area contributed by atoms with Crippen molar-refractivity contribution in [2.75, 3.05) is 0 Å². The van der Waals surface area contributed by atoms with Crippen molar-refractivity contribution in [3.63, 3.8) is 0 Å². The van der Waals surface area contributed by atoms with Gasteiger partial charge in [0.2, 0.25) is 11.8 Å². The summed E-state index contributed by atoms with van der Waals surface area (Å²) in [6.07, 6.45) is 1.51. The summed E-state index contributed by atoms with van der Waals surface area (Å²) in [6, 6.07) is 8.96. The number of hydrogen-bond donors (Lipinski definition) is 1. The van der Waals surface area contributed by atoms with E-state index in [9.17, 15) is 9.59 Å². The van der Waals surface area contributed by atoms with Gasteiger partial charge in [0.05, 0.1) is 11.6 Å². The second kappa shape index (κ2) is 4.34. The summed E-state index contributed by atoms with van der Waals surface area (Å²) in [5, 5.41) is 9.70. The molecule has 18 heavy (non-hydrogen) atoms. The van der Waals surface area contributed by atoms with E-state index in [1.807, 2.05) is 6.07 Å². The monoisotopic (exact) mass is 241 g/mol. The van der Waals surface area contributed by atoms with E-state index in [2.05, 4.69) is 0 Å².